The number of rotatable bonds is 2. The third kappa shape index (κ3) is 1.98. The van der Waals surface area contributed by atoms with Crippen molar-refractivity contribution < 1.29 is 0 Å². The normalized spacial score (nSPS) is 13.8. The molecule has 0 atom stereocenters. The Labute approximate surface area is 105 Å². The summed E-state index contributed by atoms with van der Waals surface area (Å²) in [5.74, 6) is 1.32. The molecule has 0 N–H and O–H groups in total. The van der Waals surface area contributed by atoms with Crippen LogP contribution in [0, 0.1) is 0 Å². The van der Waals surface area contributed by atoms with E-state index < -0.39 is 0 Å². The average Bonchev–Trinajstić information content (AvgIpc) is 2.82. The van der Waals surface area contributed by atoms with Crippen molar-refractivity contribution in [3.63, 3.8) is 0 Å². The first-order valence-electron chi connectivity index (χ1n) is 5.55. The quantitative estimate of drug-likeness (QED) is 0.762. The maximum absolute atomic E-state index is 5.70. The molecule has 1 aromatic carbocycles. The minimum Gasteiger partial charge on any atom is -0.347 e. The lowest BCUT2D eigenvalue weighted by Crippen LogP contribution is -2.16. The molecule has 1 aromatic heterocycles. The Kier molecular flexibility index (Phi) is 2.69. The van der Waals surface area contributed by atoms with Crippen LogP contribution < -0.4 is 4.90 Å². The second kappa shape index (κ2) is 4.34. The molecule has 2 aromatic rings. The van der Waals surface area contributed by atoms with E-state index in [1.807, 2.05) is 0 Å². The van der Waals surface area contributed by atoms with Gasteiger partial charge in [0.05, 0.1) is 24.0 Å². The summed E-state index contributed by atoms with van der Waals surface area (Å²) in [5, 5.41) is 0. The SMILES string of the molecule is ClCc1cnc(N2Cc3ccccc3C2)cn1. The molecule has 0 bridgehead atoms. The molecule has 0 fully saturated rings. The summed E-state index contributed by atoms with van der Waals surface area (Å²) in [4.78, 5) is 10.9. The first kappa shape index (κ1) is 10.5. The Hall–Kier alpha value is -1.61. The Morgan fingerprint density at radius 2 is 1.76 bits per heavy atom. The Morgan fingerprint density at radius 1 is 1.06 bits per heavy atom. The van der Waals surface area contributed by atoms with Crippen LogP contribution in [0.3, 0.4) is 0 Å². The molecule has 0 amide bonds. The number of hydrogen-bond donors (Lipinski definition) is 0. The van der Waals surface area contributed by atoms with E-state index in [2.05, 4.69) is 39.1 Å². The van der Waals surface area contributed by atoms with E-state index in [-0.39, 0.29) is 0 Å². The highest BCUT2D eigenvalue weighted by atomic mass is 35.5. The van der Waals surface area contributed by atoms with Gasteiger partial charge in [0, 0.05) is 13.1 Å². The van der Waals surface area contributed by atoms with Crippen molar-refractivity contribution >= 4 is 17.4 Å². The Bertz CT molecular complexity index is 499. The van der Waals surface area contributed by atoms with Crippen LogP contribution in [0.15, 0.2) is 36.7 Å². The molecule has 4 heteroatoms. The van der Waals surface area contributed by atoms with E-state index in [9.17, 15) is 0 Å². The molecular formula is C13H12ClN3. The number of hydrogen-bond acceptors (Lipinski definition) is 3. The lowest BCUT2D eigenvalue weighted by Gasteiger charge is -2.15. The zero-order valence-electron chi connectivity index (χ0n) is 9.31. The molecule has 0 spiro atoms. The molecule has 2 heterocycles. The van der Waals surface area contributed by atoms with Crippen molar-refractivity contribution in [2.45, 2.75) is 19.0 Å². The van der Waals surface area contributed by atoms with Crippen molar-refractivity contribution in [3.05, 3.63) is 53.5 Å². The molecule has 17 heavy (non-hydrogen) atoms. The third-order valence-electron chi connectivity index (χ3n) is 2.99. The summed E-state index contributed by atoms with van der Waals surface area (Å²) < 4.78 is 0. The Balaban J connectivity index is 1.83. The molecule has 0 saturated heterocycles. The fourth-order valence-corrected chi connectivity index (χ4v) is 2.21. The minimum atomic E-state index is 0.410. The highest BCUT2D eigenvalue weighted by Gasteiger charge is 2.19. The molecule has 0 unspecified atom stereocenters. The van der Waals surface area contributed by atoms with Crippen molar-refractivity contribution in [2.75, 3.05) is 4.90 Å². The van der Waals surface area contributed by atoms with E-state index in [0.717, 1.165) is 24.6 Å². The molecule has 3 nitrogen and oxygen atoms in total. The van der Waals surface area contributed by atoms with Gasteiger partial charge in [-0.2, -0.15) is 0 Å². The number of alkyl halides is 1. The molecule has 86 valence electrons. The van der Waals surface area contributed by atoms with Gasteiger partial charge in [-0.05, 0) is 11.1 Å². The number of fused-ring (bicyclic) bond motifs is 1. The summed E-state index contributed by atoms with van der Waals surface area (Å²) in [6, 6.07) is 8.47. The van der Waals surface area contributed by atoms with Gasteiger partial charge in [0.2, 0.25) is 0 Å². The topological polar surface area (TPSA) is 29.0 Å². The summed E-state index contributed by atoms with van der Waals surface area (Å²) in [5.41, 5.74) is 3.55. The van der Waals surface area contributed by atoms with Crippen LogP contribution >= 0.6 is 11.6 Å². The maximum atomic E-state index is 5.70. The fraction of sp³-hybridized carbons (Fsp3) is 0.231. The number of halogens is 1. The second-order valence-corrected chi connectivity index (χ2v) is 4.39. The zero-order chi connectivity index (χ0) is 11.7. The van der Waals surface area contributed by atoms with Crippen LogP contribution in [0.2, 0.25) is 0 Å². The molecule has 1 aliphatic heterocycles. The second-order valence-electron chi connectivity index (χ2n) is 4.12. The minimum absolute atomic E-state index is 0.410. The lowest BCUT2D eigenvalue weighted by molar-refractivity contribution is 0.846. The van der Waals surface area contributed by atoms with Crippen LogP contribution in [0.1, 0.15) is 16.8 Å². The number of anilines is 1. The summed E-state index contributed by atoms with van der Waals surface area (Å²) in [7, 11) is 0. The van der Waals surface area contributed by atoms with Gasteiger partial charge in [-0.1, -0.05) is 24.3 Å². The maximum Gasteiger partial charge on any atom is 0.147 e. The predicted octanol–water partition coefficient (Wildman–Crippen LogP) is 2.74. The fourth-order valence-electron chi connectivity index (χ4n) is 2.08. The van der Waals surface area contributed by atoms with E-state index in [4.69, 9.17) is 11.6 Å². The van der Waals surface area contributed by atoms with Gasteiger partial charge in [-0.15, -0.1) is 11.6 Å². The van der Waals surface area contributed by atoms with E-state index in [0.29, 0.717) is 5.88 Å². The van der Waals surface area contributed by atoms with Gasteiger partial charge in [0.1, 0.15) is 5.82 Å². The van der Waals surface area contributed by atoms with E-state index in [1.54, 1.807) is 12.4 Å². The van der Waals surface area contributed by atoms with Gasteiger partial charge >= 0.3 is 0 Å². The average molecular weight is 246 g/mol. The highest BCUT2D eigenvalue weighted by molar-refractivity contribution is 6.16. The van der Waals surface area contributed by atoms with Crippen LogP contribution in [0.25, 0.3) is 0 Å². The van der Waals surface area contributed by atoms with Crippen LogP contribution in [-0.2, 0) is 19.0 Å². The summed E-state index contributed by atoms with van der Waals surface area (Å²) in [6.45, 7) is 1.82. The van der Waals surface area contributed by atoms with Gasteiger partial charge < -0.3 is 4.90 Å². The molecule has 3 rings (SSSR count). The molecule has 0 aliphatic carbocycles. The zero-order valence-corrected chi connectivity index (χ0v) is 10.1. The van der Waals surface area contributed by atoms with Crippen molar-refractivity contribution in [2.24, 2.45) is 0 Å². The smallest absolute Gasteiger partial charge is 0.147 e. The van der Waals surface area contributed by atoms with E-state index >= 15 is 0 Å². The third-order valence-corrected chi connectivity index (χ3v) is 3.27. The van der Waals surface area contributed by atoms with Gasteiger partial charge in [-0.25, -0.2) is 4.98 Å². The van der Waals surface area contributed by atoms with Crippen LogP contribution in [0.5, 0.6) is 0 Å². The van der Waals surface area contributed by atoms with Gasteiger partial charge in [0.25, 0.3) is 0 Å². The first-order chi connectivity index (χ1) is 8.36. The van der Waals surface area contributed by atoms with Crippen molar-refractivity contribution in [1.29, 1.82) is 0 Å². The van der Waals surface area contributed by atoms with Crippen LogP contribution in [0.4, 0.5) is 5.82 Å². The molecule has 0 saturated carbocycles. The standard InChI is InChI=1S/C13H12ClN3/c14-5-12-6-16-13(7-15-12)17-8-10-3-1-2-4-11(10)9-17/h1-4,6-7H,5,8-9H2. The van der Waals surface area contributed by atoms with Gasteiger partial charge in [-0.3, -0.25) is 4.98 Å². The van der Waals surface area contributed by atoms with Crippen LogP contribution in [-0.4, -0.2) is 9.97 Å². The molecule has 1 aliphatic rings. The highest BCUT2D eigenvalue weighted by Crippen LogP contribution is 2.26. The Morgan fingerprint density at radius 3 is 2.29 bits per heavy atom. The monoisotopic (exact) mass is 245 g/mol. The number of nitrogens with zero attached hydrogens (tertiary/aromatic N) is 3. The summed E-state index contributed by atoms with van der Waals surface area (Å²) >= 11 is 5.70. The molecule has 0 radical (unpaired) electrons. The largest absolute Gasteiger partial charge is 0.347 e. The first-order valence-corrected chi connectivity index (χ1v) is 6.09. The van der Waals surface area contributed by atoms with Crippen molar-refractivity contribution in [3.8, 4) is 0 Å². The summed E-state index contributed by atoms with van der Waals surface area (Å²) in [6.07, 6.45) is 3.54. The van der Waals surface area contributed by atoms with Gasteiger partial charge in [0.15, 0.2) is 0 Å². The molecular weight excluding hydrogens is 234 g/mol. The number of aromatic nitrogens is 2. The lowest BCUT2D eigenvalue weighted by atomic mass is 10.1. The number of benzene rings is 1. The van der Waals surface area contributed by atoms with E-state index in [1.165, 1.54) is 11.1 Å². The predicted molar refractivity (Wildman–Crippen MR) is 67.9 cm³/mol. The van der Waals surface area contributed by atoms with Crippen molar-refractivity contribution in [1.82, 2.24) is 9.97 Å².